The highest BCUT2D eigenvalue weighted by Crippen LogP contribution is 2.14. The third kappa shape index (κ3) is 3.59. The second-order valence-corrected chi connectivity index (χ2v) is 3.56. The molecule has 1 amide bonds. The van der Waals surface area contributed by atoms with Gasteiger partial charge in [0.05, 0.1) is 0 Å². The molecule has 1 atom stereocenters. The van der Waals surface area contributed by atoms with Crippen LogP contribution in [0.1, 0.15) is 12.0 Å². The predicted molar refractivity (Wildman–Crippen MR) is 61.5 cm³/mol. The fourth-order valence-electron chi connectivity index (χ4n) is 1.39. The molecule has 0 radical (unpaired) electrons. The number of primary amides is 1. The van der Waals surface area contributed by atoms with Crippen LogP contribution in [0, 0.1) is 6.92 Å². The quantitative estimate of drug-likeness (QED) is 0.661. The Kier molecular flexibility index (Phi) is 4.12. The number of hydrogen-bond donors (Lipinski definition) is 3. The number of rotatable bonds is 5. The zero-order chi connectivity index (χ0) is 11.3. The predicted octanol–water partition coefficient (Wildman–Crippen LogP) is 0.610. The molecule has 0 saturated carbocycles. The molecule has 1 unspecified atom stereocenters. The number of nitrogens with one attached hydrogen (secondary N) is 1. The molecule has 0 aromatic heterocycles. The first-order valence-corrected chi connectivity index (χ1v) is 4.94. The second kappa shape index (κ2) is 5.36. The molecule has 0 saturated heterocycles. The molecule has 4 heteroatoms. The van der Waals surface area contributed by atoms with E-state index in [1.807, 2.05) is 31.2 Å². The molecule has 1 rings (SSSR count). The first-order chi connectivity index (χ1) is 7.13. The van der Waals surface area contributed by atoms with E-state index in [4.69, 9.17) is 11.5 Å². The fraction of sp³-hybridized carbons (Fsp3) is 0.364. The smallest absolute Gasteiger partial charge is 0.219 e. The molecule has 0 heterocycles. The number of amides is 1. The van der Waals surface area contributed by atoms with Gasteiger partial charge in [-0.15, -0.1) is 0 Å². The van der Waals surface area contributed by atoms with E-state index < -0.39 is 0 Å². The number of hydrogen-bond acceptors (Lipinski definition) is 3. The number of carbonyl (C=O) groups excluding carboxylic acids is 1. The van der Waals surface area contributed by atoms with Crippen molar-refractivity contribution in [1.82, 2.24) is 0 Å². The zero-order valence-corrected chi connectivity index (χ0v) is 8.86. The number of anilines is 1. The van der Waals surface area contributed by atoms with Gasteiger partial charge in [0, 0.05) is 24.7 Å². The first-order valence-electron chi connectivity index (χ1n) is 4.94. The minimum absolute atomic E-state index is 0.0939. The lowest BCUT2D eigenvalue weighted by molar-refractivity contribution is -0.118. The molecule has 0 aliphatic carbocycles. The van der Waals surface area contributed by atoms with Gasteiger partial charge in [-0.05, 0) is 18.6 Å². The number of aryl methyl sites for hydroxylation is 1. The van der Waals surface area contributed by atoms with Crippen molar-refractivity contribution in [2.75, 3.05) is 11.9 Å². The van der Waals surface area contributed by atoms with E-state index in [0.29, 0.717) is 6.54 Å². The van der Waals surface area contributed by atoms with Gasteiger partial charge in [0.1, 0.15) is 0 Å². The van der Waals surface area contributed by atoms with Crippen LogP contribution in [0.15, 0.2) is 24.3 Å². The molecule has 0 fully saturated rings. The zero-order valence-electron chi connectivity index (χ0n) is 8.86. The van der Waals surface area contributed by atoms with Gasteiger partial charge < -0.3 is 16.8 Å². The van der Waals surface area contributed by atoms with Gasteiger partial charge in [0.25, 0.3) is 0 Å². The summed E-state index contributed by atoms with van der Waals surface area (Å²) in [5, 5.41) is 3.20. The minimum atomic E-state index is -0.341. The Morgan fingerprint density at radius 3 is 2.67 bits per heavy atom. The van der Waals surface area contributed by atoms with E-state index in [1.54, 1.807) is 0 Å². The molecule has 5 N–H and O–H groups in total. The lowest BCUT2D eigenvalue weighted by atomic mass is 10.1. The maximum atomic E-state index is 10.8. The van der Waals surface area contributed by atoms with Gasteiger partial charge in [-0.1, -0.05) is 18.2 Å². The van der Waals surface area contributed by atoms with Crippen LogP contribution in [0.3, 0.4) is 0 Å². The highest BCUT2D eigenvalue weighted by molar-refractivity contribution is 5.75. The third-order valence-electron chi connectivity index (χ3n) is 2.24. The van der Waals surface area contributed by atoms with E-state index in [0.717, 1.165) is 11.3 Å². The largest absolute Gasteiger partial charge is 0.380 e. The molecular weight excluding hydrogens is 190 g/mol. The third-order valence-corrected chi connectivity index (χ3v) is 2.24. The topological polar surface area (TPSA) is 81.1 Å². The van der Waals surface area contributed by atoms with Crippen LogP contribution in [-0.4, -0.2) is 18.5 Å². The highest BCUT2D eigenvalue weighted by Gasteiger charge is 2.10. The molecule has 0 aliphatic heterocycles. The van der Waals surface area contributed by atoms with Crippen molar-refractivity contribution >= 4 is 11.6 Å². The number of para-hydroxylation sites is 1. The lowest BCUT2D eigenvalue weighted by Gasteiger charge is -2.17. The summed E-state index contributed by atoms with van der Waals surface area (Å²) in [4.78, 5) is 10.8. The standard InChI is InChI=1S/C11H17N3O/c1-8-4-2-3-5-10(8)14-9(7-12)6-11(13)15/h2-5,9,14H,6-7,12H2,1H3,(H2,13,15). The van der Waals surface area contributed by atoms with E-state index >= 15 is 0 Å². The van der Waals surface area contributed by atoms with Gasteiger partial charge in [-0.3, -0.25) is 4.79 Å². The average Bonchev–Trinajstić information content (AvgIpc) is 2.19. The Morgan fingerprint density at radius 1 is 1.47 bits per heavy atom. The van der Waals surface area contributed by atoms with Gasteiger partial charge in [-0.2, -0.15) is 0 Å². The highest BCUT2D eigenvalue weighted by atomic mass is 16.1. The maximum Gasteiger partial charge on any atom is 0.219 e. The van der Waals surface area contributed by atoms with Crippen LogP contribution in [0.2, 0.25) is 0 Å². The minimum Gasteiger partial charge on any atom is -0.380 e. The first kappa shape index (κ1) is 11.5. The van der Waals surface area contributed by atoms with E-state index in [1.165, 1.54) is 0 Å². The van der Waals surface area contributed by atoms with Crippen molar-refractivity contribution in [1.29, 1.82) is 0 Å². The van der Waals surface area contributed by atoms with Crippen LogP contribution >= 0.6 is 0 Å². The van der Waals surface area contributed by atoms with Gasteiger partial charge >= 0.3 is 0 Å². The molecular formula is C11H17N3O. The molecule has 1 aromatic carbocycles. The fourth-order valence-corrected chi connectivity index (χ4v) is 1.39. The van der Waals surface area contributed by atoms with E-state index in [9.17, 15) is 4.79 Å². The van der Waals surface area contributed by atoms with Gasteiger partial charge in [0.2, 0.25) is 5.91 Å². The Labute approximate surface area is 89.6 Å². The van der Waals surface area contributed by atoms with E-state index in [2.05, 4.69) is 5.32 Å². The Bertz CT molecular complexity index is 338. The summed E-state index contributed by atoms with van der Waals surface area (Å²) >= 11 is 0. The van der Waals surface area contributed by atoms with Crippen molar-refractivity contribution in [3.05, 3.63) is 29.8 Å². The Morgan fingerprint density at radius 2 is 2.13 bits per heavy atom. The van der Waals surface area contributed by atoms with Crippen molar-refractivity contribution in [2.45, 2.75) is 19.4 Å². The maximum absolute atomic E-state index is 10.8. The van der Waals surface area contributed by atoms with Crippen LogP contribution in [0.25, 0.3) is 0 Å². The van der Waals surface area contributed by atoms with Crippen molar-refractivity contribution in [2.24, 2.45) is 11.5 Å². The number of carbonyl (C=O) groups is 1. The molecule has 0 aliphatic rings. The van der Waals surface area contributed by atoms with Crippen molar-refractivity contribution in [3.8, 4) is 0 Å². The molecule has 1 aromatic rings. The average molecular weight is 207 g/mol. The summed E-state index contributed by atoms with van der Waals surface area (Å²) in [7, 11) is 0. The summed E-state index contributed by atoms with van der Waals surface area (Å²) in [5.74, 6) is -0.341. The molecule has 15 heavy (non-hydrogen) atoms. The summed E-state index contributed by atoms with van der Waals surface area (Å²) in [6.45, 7) is 2.39. The Balaban J connectivity index is 2.66. The van der Waals surface area contributed by atoms with Crippen molar-refractivity contribution < 1.29 is 4.79 Å². The lowest BCUT2D eigenvalue weighted by Crippen LogP contribution is -2.33. The SMILES string of the molecule is Cc1ccccc1NC(CN)CC(N)=O. The van der Waals surface area contributed by atoms with Crippen molar-refractivity contribution in [3.63, 3.8) is 0 Å². The van der Waals surface area contributed by atoms with Gasteiger partial charge in [-0.25, -0.2) is 0 Å². The Hall–Kier alpha value is -1.55. The normalized spacial score (nSPS) is 12.1. The molecule has 0 bridgehead atoms. The van der Waals surface area contributed by atoms with E-state index in [-0.39, 0.29) is 18.4 Å². The summed E-state index contributed by atoms with van der Waals surface area (Å²) < 4.78 is 0. The summed E-state index contributed by atoms with van der Waals surface area (Å²) in [6.07, 6.45) is 0.255. The number of benzene rings is 1. The molecule has 82 valence electrons. The monoisotopic (exact) mass is 207 g/mol. The van der Waals surface area contributed by atoms with Crippen LogP contribution in [0.4, 0.5) is 5.69 Å². The summed E-state index contributed by atoms with van der Waals surface area (Å²) in [5.41, 5.74) is 12.8. The van der Waals surface area contributed by atoms with Gasteiger partial charge in [0.15, 0.2) is 0 Å². The van der Waals surface area contributed by atoms with Crippen LogP contribution in [-0.2, 0) is 4.79 Å². The second-order valence-electron chi connectivity index (χ2n) is 3.56. The van der Waals surface area contributed by atoms with Crippen LogP contribution in [0.5, 0.6) is 0 Å². The number of nitrogens with two attached hydrogens (primary N) is 2. The molecule has 4 nitrogen and oxygen atoms in total. The van der Waals surface area contributed by atoms with Crippen LogP contribution < -0.4 is 16.8 Å². The summed E-state index contributed by atoms with van der Waals surface area (Å²) in [6, 6.07) is 7.77. The molecule has 0 spiro atoms.